The summed E-state index contributed by atoms with van der Waals surface area (Å²) in [6.45, 7) is 4.54. The molecule has 1 amide bonds. The molecule has 10 heteroatoms. The molecule has 2 aromatic heterocycles. The maximum atomic E-state index is 13.2. The molecule has 0 bridgehead atoms. The van der Waals surface area contributed by atoms with E-state index >= 15 is 0 Å². The Morgan fingerprint density at radius 2 is 1.78 bits per heavy atom. The summed E-state index contributed by atoms with van der Waals surface area (Å²) < 4.78 is 26.6. The van der Waals surface area contributed by atoms with Gasteiger partial charge < -0.3 is 9.47 Å². The van der Waals surface area contributed by atoms with Crippen LogP contribution >= 0.6 is 0 Å². The lowest BCUT2D eigenvalue weighted by Gasteiger charge is -2.13. The van der Waals surface area contributed by atoms with Crippen LogP contribution in [0.25, 0.3) is 16.7 Å². The molecule has 4 rings (SSSR count). The second-order valence-corrected chi connectivity index (χ2v) is 6.66. The first-order chi connectivity index (χ1) is 15.5. The minimum atomic E-state index is -0.525. The van der Waals surface area contributed by atoms with E-state index in [2.05, 4.69) is 15.5 Å². The van der Waals surface area contributed by atoms with Crippen LogP contribution in [0.15, 0.2) is 59.8 Å². The first kappa shape index (κ1) is 21.0. The van der Waals surface area contributed by atoms with E-state index in [1.165, 1.54) is 41.5 Å². The summed E-state index contributed by atoms with van der Waals surface area (Å²) in [5.74, 6) is 0.0519. The Bertz CT molecular complexity index is 1330. The summed E-state index contributed by atoms with van der Waals surface area (Å²) in [6.07, 6.45) is 2.54. The molecule has 32 heavy (non-hydrogen) atoms. The van der Waals surface area contributed by atoms with Crippen LogP contribution in [0.3, 0.4) is 0 Å². The number of carbonyl (C=O) groups excluding carboxylic acids is 1. The average Bonchev–Trinajstić information content (AvgIpc) is 3.22. The minimum Gasteiger partial charge on any atom is -0.490 e. The third-order valence-electron chi connectivity index (χ3n) is 4.59. The van der Waals surface area contributed by atoms with E-state index in [1.807, 2.05) is 13.8 Å². The van der Waals surface area contributed by atoms with Crippen LogP contribution in [0.5, 0.6) is 11.5 Å². The molecule has 0 unspecified atom stereocenters. The van der Waals surface area contributed by atoms with Gasteiger partial charge in [0.1, 0.15) is 17.5 Å². The highest BCUT2D eigenvalue weighted by atomic mass is 19.1. The van der Waals surface area contributed by atoms with E-state index in [-0.39, 0.29) is 22.4 Å². The molecule has 2 aromatic carbocycles. The smallest absolute Gasteiger partial charge is 0.283 e. The number of rotatable bonds is 7. The van der Waals surface area contributed by atoms with Crippen molar-refractivity contribution in [3.63, 3.8) is 0 Å². The lowest BCUT2D eigenvalue weighted by Crippen LogP contribution is -2.33. The van der Waals surface area contributed by atoms with Crippen LogP contribution in [-0.2, 0) is 0 Å². The molecule has 0 atom stereocenters. The number of halogens is 1. The molecule has 0 aliphatic carbocycles. The lowest BCUT2D eigenvalue weighted by molar-refractivity contribution is 0.101. The number of nitrogens with zero attached hydrogens (tertiary/aromatic N) is 4. The van der Waals surface area contributed by atoms with E-state index in [0.29, 0.717) is 30.4 Å². The summed E-state index contributed by atoms with van der Waals surface area (Å²) in [4.78, 5) is 29.8. The molecule has 0 saturated carbocycles. The second-order valence-electron chi connectivity index (χ2n) is 6.66. The van der Waals surface area contributed by atoms with Gasteiger partial charge in [-0.3, -0.25) is 15.0 Å². The van der Waals surface area contributed by atoms with Crippen LogP contribution in [-0.4, -0.2) is 38.6 Å². The minimum absolute atomic E-state index is 0.193. The normalized spacial score (nSPS) is 10.8. The highest BCUT2D eigenvalue weighted by Gasteiger charge is 2.15. The number of aromatic nitrogens is 4. The number of ether oxygens (including phenoxy) is 2. The van der Waals surface area contributed by atoms with Crippen LogP contribution in [0.2, 0.25) is 0 Å². The standard InChI is InChI=1S/C22H20FN5O4/c1-3-31-18-10-5-14(11-19(18)32-4-2)21(29)26-27-13-24-20-17(22(27)30)12-25-28(20)16-8-6-15(23)7-9-16/h5-13H,3-4H2,1-2H3,(H,26,29). The third-order valence-corrected chi connectivity index (χ3v) is 4.59. The topological polar surface area (TPSA) is 100 Å². The molecular formula is C22H20FN5O4. The fraction of sp³-hybridized carbons (Fsp3) is 0.182. The van der Waals surface area contributed by atoms with Crippen molar-refractivity contribution in [3.8, 4) is 17.2 Å². The summed E-state index contributed by atoms with van der Waals surface area (Å²) in [7, 11) is 0. The van der Waals surface area contributed by atoms with Gasteiger partial charge in [-0.25, -0.2) is 18.7 Å². The van der Waals surface area contributed by atoms with E-state index < -0.39 is 11.5 Å². The quantitative estimate of drug-likeness (QED) is 0.477. The van der Waals surface area contributed by atoms with Crippen LogP contribution in [0.4, 0.5) is 4.39 Å². The van der Waals surface area contributed by atoms with Crippen LogP contribution < -0.4 is 20.5 Å². The van der Waals surface area contributed by atoms with Crippen molar-refractivity contribution in [2.24, 2.45) is 0 Å². The number of hydrogen-bond acceptors (Lipinski definition) is 6. The molecule has 164 valence electrons. The Kier molecular flexibility index (Phi) is 5.84. The molecule has 0 fully saturated rings. The molecular weight excluding hydrogens is 417 g/mol. The molecule has 0 radical (unpaired) electrons. The Morgan fingerprint density at radius 3 is 2.50 bits per heavy atom. The van der Waals surface area contributed by atoms with Crippen molar-refractivity contribution >= 4 is 16.9 Å². The van der Waals surface area contributed by atoms with Gasteiger partial charge in [0.2, 0.25) is 0 Å². The van der Waals surface area contributed by atoms with Gasteiger partial charge in [-0.1, -0.05) is 0 Å². The zero-order valence-corrected chi connectivity index (χ0v) is 17.4. The molecule has 0 spiro atoms. The van der Waals surface area contributed by atoms with E-state index in [9.17, 15) is 14.0 Å². The van der Waals surface area contributed by atoms with Crippen molar-refractivity contribution in [1.82, 2.24) is 19.4 Å². The molecule has 9 nitrogen and oxygen atoms in total. The van der Waals surface area contributed by atoms with Crippen molar-refractivity contribution in [1.29, 1.82) is 0 Å². The predicted octanol–water partition coefficient (Wildman–Crippen LogP) is 2.90. The number of fused-ring (bicyclic) bond motifs is 1. The number of carbonyl (C=O) groups is 1. The summed E-state index contributed by atoms with van der Waals surface area (Å²) in [5.41, 5.74) is 3.13. The largest absolute Gasteiger partial charge is 0.490 e. The zero-order chi connectivity index (χ0) is 22.7. The predicted molar refractivity (Wildman–Crippen MR) is 116 cm³/mol. The van der Waals surface area contributed by atoms with Crippen LogP contribution in [0.1, 0.15) is 24.2 Å². The fourth-order valence-electron chi connectivity index (χ4n) is 3.13. The highest BCUT2D eigenvalue weighted by molar-refractivity contribution is 6.00. The van der Waals surface area contributed by atoms with E-state index in [1.54, 1.807) is 18.2 Å². The monoisotopic (exact) mass is 437 g/mol. The SMILES string of the molecule is CCOc1ccc(C(=O)Nn2cnc3c(cnn3-c3ccc(F)cc3)c2=O)cc1OCC. The zero-order valence-electron chi connectivity index (χ0n) is 17.4. The third kappa shape index (κ3) is 4.02. The first-order valence-corrected chi connectivity index (χ1v) is 9.94. The number of nitrogens with one attached hydrogen (secondary N) is 1. The fourth-order valence-corrected chi connectivity index (χ4v) is 3.13. The van der Waals surface area contributed by atoms with Gasteiger partial charge in [0.05, 0.1) is 25.1 Å². The van der Waals surface area contributed by atoms with Crippen molar-refractivity contribution in [2.75, 3.05) is 18.6 Å². The Hall–Kier alpha value is -4.21. The maximum Gasteiger partial charge on any atom is 0.283 e. The van der Waals surface area contributed by atoms with Gasteiger partial charge >= 0.3 is 0 Å². The van der Waals surface area contributed by atoms with Crippen LogP contribution in [0, 0.1) is 5.82 Å². The van der Waals surface area contributed by atoms with E-state index in [4.69, 9.17) is 9.47 Å². The lowest BCUT2D eigenvalue weighted by atomic mass is 10.2. The number of hydrogen-bond donors (Lipinski definition) is 1. The Labute approximate surface area is 182 Å². The number of amides is 1. The highest BCUT2D eigenvalue weighted by Crippen LogP contribution is 2.28. The van der Waals surface area contributed by atoms with Crippen molar-refractivity contribution in [3.05, 3.63) is 76.7 Å². The summed E-state index contributed by atoms with van der Waals surface area (Å²) in [6, 6.07) is 10.4. The molecule has 0 aliphatic heterocycles. The molecule has 1 N–H and O–H groups in total. The Morgan fingerprint density at radius 1 is 1.06 bits per heavy atom. The van der Waals surface area contributed by atoms with Crippen molar-refractivity contribution < 1.29 is 18.7 Å². The van der Waals surface area contributed by atoms with Gasteiger partial charge in [0.25, 0.3) is 11.5 Å². The summed E-state index contributed by atoms with van der Waals surface area (Å²) >= 11 is 0. The van der Waals surface area contributed by atoms with Gasteiger partial charge in [-0.2, -0.15) is 5.10 Å². The van der Waals surface area contributed by atoms with E-state index in [0.717, 1.165) is 4.68 Å². The van der Waals surface area contributed by atoms with Gasteiger partial charge in [0, 0.05) is 5.56 Å². The Balaban J connectivity index is 1.63. The average molecular weight is 437 g/mol. The summed E-state index contributed by atoms with van der Waals surface area (Å²) in [5, 5.41) is 4.36. The molecule has 2 heterocycles. The molecule has 4 aromatic rings. The maximum absolute atomic E-state index is 13.2. The first-order valence-electron chi connectivity index (χ1n) is 9.94. The van der Waals surface area contributed by atoms with Gasteiger partial charge in [0.15, 0.2) is 17.1 Å². The van der Waals surface area contributed by atoms with Gasteiger partial charge in [-0.05, 0) is 56.3 Å². The van der Waals surface area contributed by atoms with Crippen molar-refractivity contribution in [2.45, 2.75) is 13.8 Å². The number of benzene rings is 2. The molecule has 0 saturated heterocycles. The second kappa shape index (κ2) is 8.88. The van der Waals surface area contributed by atoms with Gasteiger partial charge in [-0.15, -0.1) is 0 Å². The molecule has 0 aliphatic rings.